The van der Waals surface area contributed by atoms with Gasteiger partial charge in [0.25, 0.3) is 0 Å². The fourth-order valence-corrected chi connectivity index (χ4v) is 5.19. The molecule has 1 aromatic heterocycles. The van der Waals surface area contributed by atoms with E-state index in [1.165, 1.54) is 4.90 Å². The smallest absolute Gasteiger partial charge is 0.248 e. The molecule has 0 bridgehead atoms. The SMILES string of the molecule is CCOc1ccc(N(C(=O)CCCC(=O)Nc2ccccn2)[C@H](C(=O)NC2CCCCC2)c2ccc(Cl)cc2)cc1. The van der Waals surface area contributed by atoms with Crippen molar-refractivity contribution in [3.63, 3.8) is 0 Å². The van der Waals surface area contributed by atoms with E-state index in [1.807, 2.05) is 6.92 Å². The molecule has 0 saturated heterocycles. The molecule has 0 aliphatic heterocycles. The summed E-state index contributed by atoms with van der Waals surface area (Å²) in [7, 11) is 0. The number of hydrogen-bond donors (Lipinski definition) is 2. The highest BCUT2D eigenvalue weighted by Gasteiger charge is 2.34. The number of pyridine rings is 1. The van der Waals surface area contributed by atoms with Crippen LogP contribution in [0, 0.1) is 0 Å². The van der Waals surface area contributed by atoms with Crippen LogP contribution in [0.2, 0.25) is 5.02 Å². The van der Waals surface area contributed by atoms with E-state index in [0.717, 1.165) is 32.1 Å². The summed E-state index contributed by atoms with van der Waals surface area (Å²) in [6.45, 7) is 2.42. The first kappa shape index (κ1) is 30.1. The van der Waals surface area contributed by atoms with E-state index in [9.17, 15) is 14.4 Å². The van der Waals surface area contributed by atoms with Crippen LogP contribution < -0.4 is 20.3 Å². The second-order valence-electron chi connectivity index (χ2n) is 10.1. The number of ether oxygens (including phenoxy) is 1. The average Bonchev–Trinajstić information content (AvgIpc) is 2.98. The number of nitrogens with one attached hydrogen (secondary N) is 2. The molecule has 0 unspecified atom stereocenters. The molecule has 1 aliphatic rings. The van der Waals surface area contributed by atoms with Crippen molar-refractivity contribution >= 4 is 40.8 Å². The standard InChI is InChI=1S/C32H37ClN4O4/c1-2-41-27-20-18-26(19-21-27)37(30(39)13-8-12-29(38)36-28-11-6-7-22-34-28)31(23-14-16-24(33)17-15-23)32(40)35-25-9-4-3-5-10-25/h6-7,11,14-22,25,31H,2-5,8-10,12-13H2,1H3,(H,35,40)(H,34,36,38)/t31-/m0/s1. The Labute approximate surface area is 246 Å². The molecule has 2 aromatic carbocycles. The lowest BCUT2D eigenvalue weighted by molar-refractivity contribution is -0.127. The number of halogens is 1. The zero-order valence-corrected chi connectivity index (χ0v) is 24.1. The molecule has 41 heavy (non-hydrogen) atoms. The minimum absolute atomic E-state index is 0.0682. The van der Waals surface area contributed by atoms with Crippen molar-refractivity contribution in [2.45, 2.75) is 70.4 Å². The van der Waals surface area contributed by atoms with Crippen molar-refractivity contribution in [3.05, 3.63) is 83.5 Å². The molecule has 216 valence electrons. The predicted octanol–water partition coefficient (Wildman–Crippen LogP) is 6.47. The highest BCUT2D eigenvalue weighted by molar-refractivity contribution is 6.30. The number of hydrogen-bond acceptors (Lipinski definition) is 5. The van der Waals surface area contributed by atoms with Gasteiger partial charge in [0, 0.05) is 35.8 Å². The van der Waals surface area contributed by atoms with Crippen molar-refractivity contribution in [1.29, 1.82) is 0 Å². The molecule has 0 radical (unpaired) electrons. The number of anilines is 2. The summed E-state index contributed by atoms with van der Waals surface area (Å²) in [6, 6.07) is 18.6. The van der Waals surface area contributed by atoms with Crippen LogP contribution in [-0.2, 0) is 14.4 Å². The number of nitrogens with zero attached hydrogens (tertiary/aromatic N) is 2. The van der Waals surface area contributed by atoms with Crippen LogP contribution in [0.15, 0.2) is 72.9 Å². The zero-order valence-electron chi connectivity index (χ0n) is 23.4. The van der Waals surface area contributed by atoms with Crippen molar-refractivity contribution in [1.82, 2.24) is 10.3 Å². The Balaban J connectivity index is 1.58. The van der Waals surface area contributed by atoms with Gasteiger partial charge in [-0.05, 0) is 80.3 Å². The Kier molecular flexibility index (Phi) is 11.1. The largest absolute Gasteiger partial charge is 0.494 e. The molecule has 1 atom stereocenters. The molecule has 1 aliphatic carbocycles. The number of aromatic nitrogens is 1. The molecule has 8 nitrogen and oxygen atoms in total. The van der Waals surface area contributed by atoms with Gasteiger partial charge >= 0.3 is 0 Å². The molecule has 3 amide bonds. The molecule has 1 heterocycles. The monoisotopic (exact) mass is 576 g/mol. The summed E-state index contributed by atoms with van der Waals surface area (Å²) in [5.74, 6) is 0.396. The number of benzene rings is 2. The third-order valence-electron chi connectivity index (χ3n) is 7.07. The highest BCUT2D eigenvalue weighted by atomic mass is 35.5. The Morgan fingerprint density at radius 3 is 2.37 bits per heavy atom. The average molecular weight is 577 g/mol. The number of carbonyl (C=O) groups is 3. The molecular formula is C32H37ClN4O4. The van der Waals surface area contributed by atoms with Crippen LogP contribution in [0.4, 0.5) is 11.5 Å². The molecule has 4 rings (SSSR count). The van der Waals surface area contributed by atoms with E-state index in [1.54, 1.807) is 72.9 Å². The summed E-state index contributed by atoms with van der Waals surface area (Å²) in [6.07, 6.45) is 7.26. The summed E-state index contributed by atoms with van der Waals surface area (Å²) < 4.78 is 5.60. The Hall–Kier alpha value is -3.91. The van der Waals surface area contributed by atoms with Gasteiger partial charge in [-0.25, -0.2) is 4.98 Å². The first-order valence-corrected chi connectivity index (χ1v) is 14.6. The van der Waals surface area contributed by atoms with E-state index in [2.05, 4.69) is 15.6 Å². The molecule has 0 spiro atoms. The predicted molar refractivity (Wildman–Crippen MR) is 161 cm³/mol. The van der Waals surface area contributed by atoms with Gasteiger partial charge in [-0.3, -0.25) is 19.3 Å². The fourth-order valence-electron chi connectivity index (χ4n) is 5.06. The minimum atomic E-state index is -0.915. The Bertz CT molecular complexity index is 1280. The van der Waals surface area contributed by atoms with Gasteiger partial charge in [0.1, 0.15) is 17.6 Å². The summed E-state index contributed by atoms with van der Waals surface area (Å²) in [4.78, 5) is 46.0. The van der Waals surface area contributed by atoms with E-state index in [0.29, 0.717) is 40.9 Å². The molecule has 2 N–H and O–H groups in total. The van der Waals surface area contributed by atoms with Crippen LogP contribution in [0.3, 0.4) is 0 Å². The molecule has 1 fully saturated rings. The van der Waals surface area contributed by atoms with Crippen molar-refractivity contribution < 1.29 is 19.1 Å². The van der Waals surface area contributed by atoms with Crippen LogP contribution in [0.1, 0.15) is 69.9 Å². The van der Waals surface area contributed by atoms with Gasteiger partial charge in [0.05, 0.1) is 6.61 Å². The zero-order chi connectivity index (χ0) is 29.0. The summed E-state index contributed by atoms with van der Waals surface area (Å²) in [5, 5.41) is 6.50. The maximum atomic E-state index is 13.9. The van der Waals surface area contributed by atoms with Crippen LogP contribution in [0.5, 0.6) is 5.75 Å². The lowest BCUT2D eigenvalue weighted by atomic mass is 9.94. The highest BCUT2D eigenvalue weighted by Crippen LogP contribution is 2.32. The fraction of sp³-hybridized carbons (Fsp3) is 0.375. The van der Waals surface area contributed by atoms with Crippen molar-refractivity contribution in [2.24, 2.45) is 0 Å². The van der Waals surface area contributed by atoms with Crippen molar-refractivity contribution in [3.8, 4) is 5.75 Å². The van der Waals surface area contributed by atoms with E-state index >= 15 is 0 Å². The van der Waals surface area contributed by atoms with Gasteiger partial charge in [-0.1, -0.05) is 49.1 Å². The third kappa shape index (κ3) is 8.79. The topological polar surface area (TPSA) is 101 Å². The first-order chi connectivity index (χ1) is 19.9. The second kappa shape index (κ2) is 15.2. The summed E-state index contributed by atoms with van der Waals surface area (Å²) in [5.41, 5.74) is 1.22. The Morgan fingerprint density at radius 2 is 1.71 bits per heavy atom. The lowest BCUT2D eigenvalue weighted by Gasteiger charge is -2.33. The maximum absolute atomic E-state index is 13.9. The van der Waals surface area contributed by atoms with Crippen molar-refractivity contribution in [2.75, 3.05) is 16.8 Å². The first-order valence-electron chi connectivity index (χ1n) is 14.3. The van der Waals surface area contributed by atoms with Gasteiger partial charge < -0.3 is 15.4 Å². The van der Waals surface area contributed by atoms with E-state index < -0.39 is 6.04 Å². The third-order valence-corrected chi connectivity index (χ3v) is 7.32. The Morgan fingerprint density at radius 1 is 0.976 bits per heavy atom. The number of carbonyl (C=O) groups excluding carboxylic acids is 3. The maximum Gasteiger partial charge on any atom is 0.248 e. The van der Waals surface area contributed by atoms with Gasteiger partial charge in [-0.15, -0.1) is 0 Å². The lowest BCUT2D eigenvalue weighted by Crippen LogP contribution is -2.47. The molecule has 1 saturated carbocycles. The molecular weight excluding hydrogens is 540 g/mol. The van der Waals surface area contributed by atoms with Gasteiger partial charge in [0.2, 0.25) is 17.7 Å². The minimum Gasteiger partial charge on any atom is -0.494 e. The van der Waals surface area contributed by atoms with Gasteiger partial charge in [0.15, 0.2) is 0 Å². The van der Waals surface area contributed by atoms with Gasteiger partial charge in [-0.2, -0.15) is 0 Å². The quantitative estimate of drug-likeness (QED) is 0.257. The van der Waals surface area contributed by atoms with Crippen LogP contribution in [-0.4, -0.2) is 35.4 Å². The number of rotatable bonds is 12. The molecule has 3 aromatic rings. The van der Waals surface area contributed by atoms with E-state index in [-0.39, 0.29) is 36.6 Å². The van der Waals surface area contributed by atoms with Crippen LogP contribution in [0.25, 0.3) is 0 Å². The second-order valence-corrected chi connectivity index (χ2v) is 10.5. The van der Waals surface area contributed by atoms with E-state index in [4.69, 9.17) is 16.3 Å². The summed E-state index contributed by atoms with van der Waals surface area (Å²) >= 11 is 6.18. The molecule has 9 heteroatoms. The normalized spacial score (nSPS) is 14.1. The number of amides is 3. The van der Waals surface area contributed by atoms with Crippen LogP contribution >= 0.6 is 11.6 Å².